The summed E-state index contributed by atoms with van der Waals surface area (Å²) in [5.41, 5.74) is 1.62. The van der Waals surface area contributed by atoms with Crippen molar-refractivity contribution in [2.75, 3.05) is 0 Å². The van der Waals surface area contributed by atoms with Crippen LogP contribution in [0.1, 0.15) is 5.69 Å². The van der Waals surface area contributed by atoms with Crippen molar-refractivity contribution in [2.24, 2.45) is 0 Å². The maximum Gasteiger partial charge on any atom is 0.352 e. The zero-order valence-electron chi connectivity index (χ0n) is 10.7. The quantitative estimate of drug-likeness (QED) is 0.748. The molecule has 0 amide bonds. The average molecular weight is 287 g/mol. The number of nitrogens with zero attached hydrogens (tertiary/aromatic N) is 2. The van der Waals surface area contributed by atoms with E-state index in [0.717, 1.165) is 5.39 Å². The van der Waals surface area contributed by atoms with E-state index in [0.29, 0.717) is 21.9 Å². The number of hydrogen-bond acceptors (Lipinski definition) is 3. The largest absolute Gasteiger partial charge is 0.508 e. The number of phenolic OH excluding ortho intramolecular Hbond substituents is 1. The van der Waals surface area contributed by atoms with Crippen LogP contribution >= 0.6 is 11.6 Å². The molecule has 0 aliphatic rings. The minimum atomic E-state index is -0.372. The molecule has 1 aromatic heterocycles. The number of fused-ring (bicyclic) bond motifs is 1. The van der Waals surface area contributed by atoms with E-state index in [1.807, 2.05) is 6.07 Å². The number of aromatic hydroxyl groups is 1. The summed E-state index contributed by atoms with van der Waals surface area (Å²) in [6, 6.07) is 11.7. The molecule has 3 rings (SSSR count). The van der Waals surface area contributed by atoms with Crippen molar-refractivity contribution >= 4 is 22.5 Å². The molecule has 0 aliphatic heterocycles. The van der Waals surface area contributed by atoms with Crippen molar-refractivity contribution in [1.82, 2.24) is 9.55 Å². The molecule has 1 N–H and O–H groups in total. The van der Waals surface area contributed by atoms with Crippen LogP contribution in [0.2, 0.25) is 5.02 Å². The van der Waals surface area contributed by atoms with Crippen LogP contribution in [0.4, 0.5) is 0 Å². The molecule has 100 valence electrons. The van der Waals surface area contributed by atoms with Crippen LogP contribution in [0.3, 0.4) is 0 Å². The van der Waals surface area contributed by atoms with Gasteiger partial charge in [0.15, 0.2) is 0 Å². The second-order valence-corrected chi connectivity index (χ2v) is 4.93. The summed E-state index contributed by atoms with van der Waals surface area (Å²) in [5.74, 6) is 0.143. The Hall–Kier alpha value is -2.33. The average Bonchev–Trinajstić information content (AvgIpc) is 2.40. The fraction of sp³-hybridized carbons (Fsp3) is 0.0667. The van der Waals surface area contributed by atoms with Crippen molar-refractivity contribution in [3.05, 3.63) is 63.7 Å². The summed E-state index contributed by atoms with van der Waals surface area (Å²) < 4.78 is 1.48. The van der Waals surface area contributed by atoms with Gasteiger partial charge in [-0.2, -0.15) is 4.98 Å². The van der Waals surface area contributed by atoms with Crippen LogP contribution in [0.5, 0.6) is 5.75 Å². The van der Waals surface area contributed by atoms with Crippen LogP contribution in [-0.4, -0.2) is 14.7 Å². The van der Waals surface area contributed by atoms with Crippen molar-refractivity contribution in [3.8, 4) is 11.4 Å². The van der Waals surface area contributed by atoms with Crippen molar-refractivity contribution in [3.63, 3.8) is 0 Å². The lowest BCUT2D eigenvalue weighted by Crippen LogP contribution is -2.22. The first-order valence-corrected chi connectivity index (χ1v) is 6.42. The Morgan fingerprint density at radius 1 is 1.15 bits per heavy atom. The van der Waals surface area contributed by atoms with Gasteiger partial charge in [-0.3, -0.25) is 4.57 Å². The molecule has 1 heterocycles. The Labute approximate surface area is 119 Å². The summed E-state index contributed by atoms with van der Waals surface area (Å²) in [4.78, 5) is 16.2. The first-order chi connectivity index (χ1) is 9.56. The van der Waals surface area contributed by atoms with Gasteiger partial charge >= 0.3 is 5.69 Å². The van der Waals surface area contributed by atoms with E-state index in [9.17, 15) is 9.90 Å². The molecule has 0 bridgehead atoms. The van der Waals surface area contributed by atoms with Gasteiger partial charge in [0.25, 0.3) is 0 Å². The second kappa shape index (κ2) is 4.65. The first-order valence-electron chi connectivity index (χ1n) is 6.04. The molecule has 4 nitrogen and oxygen atoms in total. The summed E-state index contributed by atoms with van der Waals surface area (Å²) in [5, 5.41) is 10.8. The maximum absolute atomic E-state index is 12.2. The minimum Gasteiger partial charge on any atom is -0.508 e. The number of rotatable bonds is 1. The highest BCUT2D eigenvalue weighted by Gasteiger charge is 2.10. The smallest absolute Gasteiger partial charge is 0.352 e. The van der Waals surface area contributed by atoms with E-state index in [4.69, 9.17) is 11.6 Å². The lowest BCUT2D eigenvalue weighted by atomic mass is 10.2. The minimum absolute atomic E-state index is 0.143. The summed E-state index contributed by atoms with van der Waals surface area (Å²) >= 11 is 6.03. The molecule has 20 heavy (non-hydrogen) atoms. The van der Waals surface area contributed by atoms with Gasteiger partial charge in [-0.15, -0.1) is 0 Å². The molecule has 0 aliphatic carbocycles. The van der Waals surface area contributed by atoms with Gasteiger partial charge in [-0.05, 0) is 49.4 Å². The molecular weight excluding hydrogens is 276 g/mol. The highest BCUT2D eigenvalue weighted by molar-refractivity contribution is 6.31. The van der Waals surface area contributed by atoms with Gasteiger partial charge in [-0.1, -0.05) is 11.6 Å². The highest BCUT2D eigenvalue weighted by Crippen LogP contribution is 2.23. The Balaban J connectivity index is 2.42. The Morgan fingerprint density at radius 2 is 1.85 bits per heavy atom. The van der Waals surface area contributed by atoms with E-state index in [2.05, 4.69) is 4.98 Å². The molecule has 0 atom stereocenters. The van der Waals surface area contributed by atoms with Crippen LogP contribution in [0.15, 0.2) is 47.3 Å². The molecule has 0 saturated carbocycles. The van der Waals surface area contributed by atoms with Crippen LogP contribution < -0.4 is 5.69 Å². The Bertz CT molecular complexity index is 854. The zero-order chi connectivity index (χ0) is 14.3. The fourth-order valence-corrected chi connectivity index (χ4v) is 2.37. The lowest BCUT2D eigenvalue weighted by molar-refractivity contribution is 0.475. The van der Waals surface area contributed by atoms with Crippen LogP contribution in [0.25, 0.3) is 16.6 Å². The SMILES string of the molecule is Cc1nc(=O)n(-c2ccc(O)cc2)c2cc(Cl)ccc12. The van der Waals surface area contributed by atoms with Crippen molar-refractivity contribution in [1.29, 1.82) is 0 Å². The highest BCUT2D eigenvalue weighted by atomic mass is 35.5. The van der Waals surface area contributed by atoms with Gasteiger partial charge in [-0.25, -0.2) is 4.79 Å². The first kappa shape index (κ1) is 12.7. The van der Waals surface area contributed by atoms with Crippen LogP contribution in [0, 0.1) is 6.92 Å². The number of benzene rings is 2. The normalized spacial score (nSPS) is 10.9. The third-order valence-corrected chi connectivity index (χ3v) is 3.39. The van der Waals surface area contributed by atoms with Gasteiger partial charge in [0.05, 0.1) is 16.9 Å². The molecular formula is C15H11ClN2O2. The number of hydrogen-bond donors (Lipinski definition) is 1. The molecule has 0 unspecified atom stereocenters. The predicted octanol–water partition coefficient (Wildman–Crippen LogP) is 3.05. The second-order valence-electron chi connectivity index (χ2n) is 4.49. The molecule has 0 fully saturated rings. The van der Waals surface area contributed by atoms with Gasteiger partial charge in [0, 0.05) is 10.4 Å². The van der Waals surface area contributed by atoms with E-state index < -0.39 is 0 Å². The third kappa shape index (κ3) is 2.04. The number of halogens is 1. The van der Waals surface area contributed by atoms with Gasteiger partial charge < -0.3 is 5.11 Å². The summed E-state index contributed by atoms with van der Waals surface area (Å²) in [7, 11) is 0. The molecule has 0 saturated heterocycles. The van der Waals surface area contributed by atoms with E-state index in [1.54, 1.807) is 31.2 Å². The lowest BCUT2D eigenvalue weighted by Gasteiger charge is -2.11. The van der Waals surface area contributed by atoms with Gasteiger partial charge in [0.2, 0.25) is 0 Å². The number of aromatic nitrogens is 2. The Morgan fingerprint density at radius 3 is 2.55 bits per heavy atom. The van der Waals surface area contributed by atoms with E-state index in [-0.39, 0.29) is 11.4 Å². The molecule has 2 aromatic carbocycles. The fourth-order valence-electron chi connectivity index (χ4n) is 2.20. The molecule has 3 aromatic rings. The predicted molar refractivity (Wildman–Crippen MR) is 78.8 cm³/mol. The third-order valence-electron chi connectivity index (χ3n) is 3.15. The zero-order valence-corrected chi connectivity index (χ0v) is 11.4. The summed E-state index contributed by atoms with van der Waals surface area (Å²) in [6.45, 7) is 1.79. The van der Waals surface area contributed by atoms with Crippen molar-refractivity contribution < 1.29 is 5.11 Å². The number of aryl methyl sites for hydroxylation is 1. The molecule has 0 radical (unpaired) electrons. The topological polar surface area (TPSA) is 55.1 Å². The van der Waals surface area contributed by atoms with Crippen LogP contribution in [-0.2, 0) is 0 Å². The molecule has 5 heteroatoms. The Kier molecular flexibility index (Phi) is 2.95. The summed E-state index contributed by atoms with van der Waals surface area (Å²) in [6.07, 6.45) is 0. The molecule has 0 spiro atoms. The van der Waals surface area contributed by atoms with E-state index in [1.165, 1.54) is 16.7 Å². The van der Waals surface area contributed by atoms with Crippen molar-refractivity contribution in [2.45, 2.75) is 6.92 Å². The standard InChI is InChI=1S/C15H11ClN2O2/c1-9-13-7-2-10(16)8-14(13)18(15(20)17-9)11-3-5-12(19)6-4-11/h2-8,19H,1H3. The van der Waals surface area contributed by atoms with E-state index >= 15 is 0 Å². The number of phenols is 1. The maximum atomic E-state index is 12.2. The van der Waals surface area contributed by atoms with Gasteiger partial charge in [0.1, 0.15) is 5.75 Å². The monoisotopic (exact) mass is 286 g/mol.